The topological polar surface area (TPSA) is 53.9 Å². The first-order valence-electron chi connectivity index (χ1n) is 11.2. The van der Waals surface area contributed by atoms with Gasteiger partial charge in [-0.3, -0.25) is 4.98 Å². The maximum absolute atomic E-state index is 4.58. The highest BCUT2D eigenvalue weighted by molar-refractivity contribution is 5.69. The molecule has 31 heavy (non-hydrogen) atoms. The van der Waals surface area contributed by atoms with Gasteiger partial charge in [0.1, 0.15) is 0 Å². The van der Waals surface area contributed by atoms with E-state index >= 15 is 0 Å². The summed E-state index contributed by atoms with van der Waals surface area (Å²) >= 11 is 0. The predicted octanol–water partition coefficient (Wildman–Crippen LogP) is 5.55. The summed E-state index contributed by atoms with van der Waals surface area (Å²) in [6.45, 7) is 11.7. The molecule has 1 fully saturated rings. The molecule has 0 saturated heterocycles. The normalized spacial score (nSPS) is 19.4. The van der Waals surface area contributed by atoms with Crippen LogP contribution in [0.15, 0.2) is 55.8 Å². The molecule has 2 heterocycles. The van der Waals surface area contributed by atoms with Crippen molar-refractivity contribution in [2.75, 3.05) is 13.6 Å². The fourth-order valence-electron chi connectivity index (χ4n) is 3.68. The summed E-state index contributed by atoms with van der Waals surface area (Å²) in [4.78, 5) is 15.7. The second-order valence-corrected chi connectivity index (χ2v) is 8.60. The van der Waals surface area contributed by atoms with Crippen LogP contribution in [-0.4, -0.2) is 39.5 Å². The number of nitrogens with one attached hydrogen (secondary N) is 1. The first-order valence-corrected chi connectivity index (χ1v) is 11.2. The second kappa shape index (κ2) is 10.9. The van der Waals surface area contributed by atoms with Gasteiger partial charge in [-0.2, -0.15) is 0 Å². The number of aromatic nitrogens is 3. The summed E-state index contributed by atoms with van der Waals surface area (Å²) in [6.07, 6.45) is 18.6. The maximum Gasteiger partial charge on any atom is 0.160 e. The average molecular weight is 418 g/mol. The smallest absolute Gasteiger partial charge is 0.160 e. The predicted molar refractivity (Wildman–Crippen MR) is 130 cm³/mol. The van der Waals surface area contributed by atoms with Crippen molar-refractivity contribution < 1.29 is 0 Å². The van der Waals surface area contributed by atoms with Gasteiger partial charge in [-0.25, -0.2) is 9.97 Å². The number of pyridine rings is 1. The molecule has 0 spiro atoms. The highest BCUT2D eigenvalue weighted by Crippen LogP contribution is 2.25. The van der Waals surface area contributed by atoms with Crippen LogP contribution in [0.1, 0.15) is 57.6 Å². The molecule has 0 radical (unpaired) electrons. The first-order chi connectivity index (χ1) is 15.0. The molecule has 0 aromatic carbocycles. The minimum absolute atomic E-state index is 0.505. The molecule has 0 aliphatic heterocycles. The summed E-state index contributed by atoms with van der Waals surface area (Å²) in [6, 6.07) is 2.59. The third-order valence-electron chi connectivity index (χ3n) is 6.03. The number of hydrogen-bond donors (Lipinski definition) is 1. The van der Waals surface area contributed by atoms with Crippen molar-refractivity contribution in [2.24, 2.45) is 5.92 Å². The molecule has 2 aromatic heterocycles. The Bertz CT molecular complexity index is 921. The van der Waals surface area contributed by atoms with Gasteiger partial charge in [0, 0.05) is 61.2 Å². The molecule has 1 aliphatic rings. The molecule has 5 nitrogen and oxygen atoms in total. The first kappa shape index (κ1) is 22.7. The monoisotopic (exact) mass is 417 g/mol. The molecule has 3 rings (SSSR count). The van der Waals surface area contributed by atoms with Gasteiger partial charge in [0.05, 0.1) is 0 Å². The third kappa shape index (κ3) is 6.51. The molecule has 0 amide bonds. The Hall–Kier alpha value is -2.95. The van der Waals surface area contributed by atoms with Crippen molar-refractivity contribution in [1.29, 1.82) is 0 Å². The summed E-state index contributed by atoms with van der Waals surface area (Å²) in [5, 5.41) is 3.57. The van der Waals surface area contributed by atoms with Gasteiger partial charge >= 0.3 is 0 Å². The summed E-state index contributed by atoms with van der Waals surface area (Å²) in [5.41, 5.74) is 4.96. The molecule has 1 aliphatic carbocycles. The van der Waals surface area contributed by atoms with Crippen LogP contribution in [0.2, 0.25) is 0 Å². The van der Waals surface area contributed by atoms with E-state index in [1.807, 2.05) is 24.8 Å². The molecule has 1 saturated carbocycles. The van der Waals surface area contributed by atoms with E-state index in [9.17, 15) is 0 Å². The van der Waals surface area contributed by atoms with E-state index in [0.29, 0.717) is 11.9 Å². The van der Waals surface area contributed by atoms with Crippen molar-refractivity contribution in [3.63, 3.8) is 0 Å². The lowest BCUT2D eigenvalue weighted by atomic mass is 9.87. The minimum atomic E-state index is 0.505. The summed E-state index contributed by atoms with van der Waals surface area (Å²) in [7, 11) is 2.06. The van der Waals surface area contributed by atoms with E-state index in [1.54, 1.807) is 0 Å². The fourth-order valence-corrected chi connectivity index (χ4v) is 3.68. The Balaban J connectivity index is 1.67. The molecule has 164 valence electrons. The molecule has 0 unspecified atom stereocenters. The molecule has 0 bridgehead atoms. The van der Waals surface area contributed by atoms with Gasteiger partial charge in [-0.1, -0.05) is 19.6 Å². The van der Waals surface area contributed by atoms with Crippen LogP contribution >= 0.6 is 0 Å². The molecule has 1 N–H and O–H groups in total. The van der Waals surface area contributed by atoms with E-state index in [0.717, 1.165) is 40.4 Å². The van der Waals surface area contributed by atoms with Gasteiger partial charge in [-0.05, 0) is 74.9 Å². The lowest BCUT2D eigenvalue weighted by molar-refractivity contribution is 0.328. The largest absolute Gasteiger partial charge is 0.382 e. The van der Waals surface area contributed by atoms with Crippen LogP contribution in [0.25, 0.3) is 22.7 Å². The van der Waals surface area contributed by atoms with Crippen LogP contribution in [0.5, 0.6) is 0 Å². The Labute approximate surface area is 187 Å². The Morgan fingerprint density at radius 1 is 1.13 bits per heavy atom. The van der Waals surface area contributed by atoms with Crippen LogP contribution in [0.3, 0.4) is 0 Å². The zero-order valence-electron chi connectivity index (χ0n) is 19.3. The van der Waals surface area contributed by atoms with Gasteiger partial charge in [0.25, 0.3) is 0 Å². The van der Waals surface area contributed by atoms with Crippen LogP contribution in [0, 0.1) is 5.92 Å². The summed E-state index contributed by atoms with van der Waals surface area (Å²) < 4.78 is 0. The van der Waals surface area contributed by atoms with Crippen LogP contribution in [-0.2, 0) is 0 Å². The van der Waals surface area contributed by atoms with Gasteiger partial charge in [0.2, 0.25) is 0 Å². The lowest BCUT2D eigenvalue weighted by Crippen LogP contribution is -2.31. The molecule has 2 aromatic rings. The Morgan fingerprint density at radius 2 is 1.84 bits per heavy atom. The Morgan fingerprint density at radius 3 is 2.52 bits per heavy atom. The van der Waals surface area contributed by atoms with Gasteiger partial charge in [-0.15, -0.1) is 0 Å². The average Bonchev–Trinajstić information content (AvgIpc) is 2.80. The summed E-state index contributed by atoms with van der Waals surface area (Å²) in [5.74, 6) is 1.51. The van der Waals surface area contributed by atoms with Crippen LogP contribution in [0.4, 0.5) is 0 Å². The second-order valence-electron chi connectivity index (χ2n) is 8.60. The fraction of sp³-hybridized carbons (Fsp3) is 0.423. The Kier molecular flexibility index (Phi) is 7.99. The van der Waals surface area contributed by atoms with E-state index < -0.39 is 0 Å². The van der Waals surface area contributed by atoms with Gasteiger partial charge in [0.15, 0.2) is 5.82 Å². The van der Waals surface area contributed by atoms with Crippen molar-refractivity contribution in [3.8, 4) is 11.4 Å². The van der Waals surface area contributed by atoms with E-state index in [1.165, 1.54) is 25.7 Å². The van der Waals surface area contributed by atoms with Crippen LogP contribution < -0.4 is 5.32 Å². The minimum Gasteiger partial charge on any atom is -0.382 e. The highest BCUT2D eigenvalue weighted by atomic mass is 15.1. The lowest BCUT2D eigenvalue weighted by Gasteiger charge is -2.28. The SMILES string of the molecule is C=C(NC1CCC(C)CC1)c1cnc(-c2cncc(/C(C)=C\C=C/N(C)CC)c2)nc1. The van der Waals surface area contributed by atoms with E-state index in [-0.39, 0.29) is 0 Å². The quantitative estimate of drug-likeness (QED) is 0.571. The van der Waals surface area contributed by atoms with Crippen molar-refractivity contribution >= 4 is 11.3 Å². The van der Waals surface area contributed by atoms with Crippen molar-refractivity contribution in [3.05, 3.63) is 66.9 Å². The third-order valence-corrected chi connectivity index (χ3v) is 6.03. The van der Waals surface area contributed by atoms with Crippen molar-refractivity contribution in [2.45, 2.75) is 52.5 Å². The molecular formula is C26H35N5. The standard InChI is InChI=1S/C26H35N5/c1-6-31(5)13-7-8-20(3)22-14-23(16-27-15-22)26-28-17-24(18-29-26)21(4)30-25-11-9-19(2)10-12-25/h7-8,13-19,25,30H,4,6,9-12H2,1-3,5H3/b13-7-,20-8-. The highest BCUT2D eigenvalue weighted by Gasteiger charge is 2.18. The number of allylic oxidation sites excluding steroid dienone is 3. The van der Waals surface area contributed by atoms with E-state index in [2.05, 4.69) is 84.0 Å². The molecule has 5 heteroatoms. The zero-order valence-corrected chi connectivity index (χ0v) is 19.3. The van der Waals surface area contributed by atoms with Gasteiger partial charge < -0.3 is 10.2 Å². The number of rotatable bonds is 8. The number of nitrogens with zero attached hydrogens (tertiary/aromatic N) is 4. The van der Waals surface area contributed by atoms with E-state index in [4.69, 9.17) is 0 Å². The molecule has 0 atom stereocenters. The maximum atomic E-state index is 4.58. The zero-order chi connectivity index (χ0) is 22.2. The molecular weight excluding hydrogens is 382 g/mol. The van der Waals surface area contributed by atoms with Crippen molar-refractivity contribution in [1.82, 2.24) is 25.2 Å². The number of hydrogen-bond acceptors (Lipinski definition) is 5.